The van der Waals surface area contributed by atoms with Crippen molar-refractivity contribution in [2.24, 2.45) is 5.41 Å². The van der Waals surface area contributed by atoms with Crippen LogP contribution < -0.4 is 15.0 Å². The van der Waals surface area contributed by atoms with Gasteiger partial charge in [0.15, 0.2) is 9.84 Å². The van der Waals surface area contributed by atoms with E-state index in [2.05, 4.69) is 16.2 Å². The van der Waals surface area contributed by atoms with Crippen LogP contribution in [0.15, 0.2) is 71.4 Å². The van der Waals surface area contributed by atoms with Crippen molar-refractivity contribution in [1.82, 2.24) is 4.98 Å². The number of anilines is 2. The number of hydrogen-bond donors (Lipinski definition) is 2. The summed E-state index contributed by atoms with van der Waals surface area (Å²) in [7, 11) is -4.04. The summed E-state index contributed by atoms with van der Waals surface area (Å²) in [6.45, 7) is 3.55. The van der Waals surface area contributed by atoms with Crippen molar-refractivity contribution < 1.29 is 27.4 Å². The van der Waals surface area contributed by atoms with Gasteiger partial charge in [0.1, 0.15) is 41.3 Å². The van der Waals surface area contributed by atoms with E-state index in [1.165, 1.54) is 41.4 Å². The van der Waals surface area contributed by atoms with Gasteiger partial charge in [0.25, 0.3) is 5.91 Å². The molecule has 3 heterocycles. The van der Waals surface area contributed by atoms with Crippen LogP contribution in [0.4, 0.5) is 15.8 Å². The molecule has 2 aliphatic rings. The number of hydrogen-bond acceptors (Lipinski definition) is 7. The smallest absolute Gasteiger partial charge is 0.277 e. The number of nitrogens with zero attached hydrogens (tertiary/aromatic N) is 2. The van der Waals surface area contributed by atoms with Crippen molar-refractivity contribution in [3.05, 3.63) is 88.5 Å². The number of aromatic hydroxyl groups is 1. The number of phenolic OH excluding ortho intramolecular Hbond substituents is 1. The molecule has 0 saturated heterocycles. The Hall–Kier alpha value is -4.36. The standard InChI is InChI=1S/C29H26FN3O5S/c1-4-14-38-18-11-12-19(20(30)15-18)26-27-22(16-29(2,3)17-39(27,36)37)32-25-23(9-7-10-24(25)34)33(26)28(35)21-8-5-6-13-31-21/h1,5-13,15,26,32,34H,14,16-17H2,2-3H3. The SMILES string of the molecule is C#CCOc1ccc(C2C3=C(CC(C)(C)CS3(=O)=O)Nc3c(O)cccc3N2C(=O)c2ccccn2)c(F)c1. The third-order valence-electron chi connectivity index (χ3n) is 6.62. The van der Waals surface area contributed by atoms with Gasteiger partial charge >= 0.3 is 0 Å². The molecule has 0 radical (unpaired) electrons. The van der Waals surface area contributed by atoms with Crippen molar-refractivity contribution in [1.29, 1.82) is 0 Å². The maximum Gasteiger partial charge on any atom is 0.277 e. The number of carbonyl (C=O) groups excluding carboxylic acids is 1. The lowest BCUT2D eigenvalue weighted by molar-refractivity contribution is 0.0975. The summed E-state index contributed by atoms with van der Waals surface area (Å²) in [6, 6.07) is 11.8. The number of carbonyl (C=O) groups is 1. The summed E-state index contributed by atoms with van der Waals surface area (Å²) in [4.78, 5) is 19.3. The number of ether oxygens (including phenoxy) is 1. The monoisotopic (exact) mass is 547 g/mol. The van der Waals surface area contributed by atoms with Gasteiger partial charge < -0.3 is 15.2 Å². The minimum Gasteiger partial charge on any atom is -0.506 e. The summed E-state index contributed by atoms with van der Waals surface area (Å²) < 4.78 is 49.1. The molecule has 0 fully saturated rings. The van der Waals surface area contributed by atoms with Crippen LogP contribution in [0.5, 0.6) is 11.5 Å². The highest BCUT2D eigenvalue weighted by atomic mass is 32.2. The third-order valence-corrected chi connectivity index (χ3v) is 8.92. The Labute approximate surface area is 226 Å². The molecule has 0 bridgehead atoms. The lowest BCUT2D eigenvalue weighted by Crippen LogP contribution is -2.41. The lowest BCUT2D eigenvalue weighted by atomic mass is 9.88. The maximum absolute atomic E-state index is 15.9. The molecular formula is C29H26FN3O5S. The van der Waals surface area contributed by atoms with Gasteiger partial charge in [0.2, 0.25) is 0 Å². The van der Waals surface area contributed by atoms with Gasteiger partial charge in [0, 0.05) is 23.5 Å². The van der Waals surface area contributed by atoms with Crippen LogP contribution in [0.25, 0.3) is 0 Å². The molecule has 1 amide bonds. The highest BCUT2D eigenvalue weighted by molar-refractivity contribution is 7.95. The number of halogens is 1. The second-order valence-corrected chi connectivity index (χ2v) is 12.2. The number of fused-ring (bicyclic) bond motifs is 1. The first-order chi connectivity index (χ1) is 18.5. The number of pyridine rings is 1. The van der Waals surface area contributed by atoms with E-state index in [0.29, 0.717) is 0 Å². The van der Waals surface area contributed by atoms with Crippen LogP contribution in [-0.2, 0) is 9.84 Å². The number of phenols is 1. The average Bonchev–Trinajstić information content (AvgIpc) is 3.02. The fourth-order valence-corrected chi connectivity index (χ4v) is 7.52. The minimum absolute atomic E-state index is 0.0174. The molecule has 10 heteroatoms. The highest BCUT2D eigenvalue weighted by Gasteiger charge is 2.48. The number of benzene rings is 2. The number of nitrogens with one attached hydrogen (secondary N) is 1. The molecular weight excluding hydrogens is 521 g/mol. The zero-order chi connectivity index (χ0) is 27.9. The van der Waals surface area contributed by atoms with Gasteiger partial charge in [-0.25, -0.2) is 12.8 Å². The second-order valence-electron chi connectivity index (χ2n) is 10.2. The number of terminal acetylenes is 1. The first-order valence-corrected chi connectivity index (χ1v) is 13.8. The number of rotatable bonds is 4. The quantitative estimate of drug-likeness (QED) is 0.357. The first kappa shape index (κ1) is 26.3. The van der Waals surface area contributed by atoms with Gasteiger partial charge in [0.05, 0.1) is 16.3 Å². The van der Waals surface area contributed by atoms with Crippen LogP contribution in [0.1, 0.15) is 42.4 Å². The van der Waals surface area contributed by atoms with Gasteiger partial charge in [-0.3, -0.25) is 14.7 Å². The van der Waals surface area contributed by atoms with Crippen molar-refractivity contribution in [3.8, 4) is 23.8 Å². The first-order valence-electron chi connectivity index (χ1n) is 12.2. The van der Waals surface area contributed by atoms with E-state index in [9.17, 15) is 18.3 Å². The van der Waals surface area contributed by atoms with E-state index >= 15 is 4.39 Å². The number of allylic oxidation sites excluding steroid dienone is 1. The van der Waals surface area contributed by atoms with Gasteiger partial charge in [-0.1, -0.05) is 31.9 Å². The van der Waals surface area contributed by atoms with Gasteiger partial charge in [-0.2, -0.15) is 0 Å². The Morgan fingerprint density at radius 3 is 2.74 bits per heavy atom. The lowest BCUT2D eigenvalue weighted by Gasteiger charge is -2.37. The molecule has 3 aromatic rings. The summed E-state index contributed by atoms with van der Waals surface area (Å²) in [6.07, 6.45) is 6.96. The van der Waals surface area contributed by atoms with Crippen LogP contribution in [0.3, 0.4) is 0 Å². The fourth-order valence-electron chi connectivity index (χ4n) is 5.17. The third kappa shape index (κ3) is 4.81. The fraction of sp³-hybridized carbons (Fsp3) is 0.241. The molecule has 1 aromatic heterocycles. The number of sulfone groups is 1. The molecule has 200 valence electrons. The van der Waals surface area contributed by atoms with E-state index in [-0.39, 0.29) is 63.5 Å². The molecule has 39 heavy (non-hydrogen) atoms. The summed E-state index contributed by atoms with van der Waals surface area (Å²) >= 11 is 0. The molecule has 2 N–H and O–H groups in total. The van der Waals surface area contributed by atoms with Crippen molar-refractivity contribution >= 4 is 27.1 Å². The number of para-hydroxylation sites is 1. The largest absolute Gasteiger partial charge is 0.506 e. The zero-order valence-electron chi connectivity index (χ0n) is 21.3. The Bertz CT molecular complexity index is 1650. The Morgan fingerprint density at radius 2 is 2.05 bits per heavy atom. The molecule has 1 unspecified atom stereocenters. The second kappa shape index (κ2) is 9.75. The van der Waals surface area contributed by atoms with E-state index in [4.69, 9.17) is 11.2 Å². The van der Waals surface area contributed by atoms with Crippen molar-refractivity contribution in [3.63, 3.8) is 0 Å². The van der Waals surface area contributed by atoms with Crippen LogP contribution >= 0.6 is 0 Å². The van der Waals surface area contributed by atoms with E-state index < -0.39 is 33.0 Å². The highest BCUT2D eigenvalue weighted by Crippen LogP contribution is 2.51. The maximum atomic E-state index is 15.9. The number of amides is 1. The van der Waals surface area contributed by atoms with Crippen LogP contribution in [-0.4, -0.2) is 36.8 Å². The molecule has 1 atom stereocenters. The molecule has 0 saturated carbocycles. The Kier molecular flexibility index (Phi) is 6.56. The predicted molar refractivity (Wildman–Crippen MR) is 145 cm³/mol. The van der Waals surface area contributed by atoms with Crippen molar-refractivity contribution in [2.75, 3.05) is 22.6 Å². The van der Waals surface area contributed by atoms with Gasteiger partial charge in [-0.05, 0) is 48.2 Å². The predicted octanol–water partition coefficient (Wildman–Crippen LogP) is 4.81. The van der Waals surface area contributed by atoms with Gasteiger partial charge in [-0.15, -0.1) is 6.42 Å². The number of aromatic nitrogens is 1. The molecule has 5 rings (SSSR count). The summed E-state index contributed by atoms with van der Waals surface area (Å²) in [5, 5.41) is 13.9. The normalized spacial score (nSPS) is 19.1. The van der Waals surface area contributed by atoms with E-state index in [1.807, 2.05) is 13.8 Å². The van der Waals surface area contributed by atoms with Crippen molar-refractivity contribution in [2.45, 2.75) is 26.3 Å². The molecule has 0 spiro atoms. The van der Waals surface area contributed by atoms with E-state index in [0.717, 1.165) is 6.07 Å². The van der Waals surface area contributed by atoms with Crippen LogP contribution in [0, 0.1) is 23.6 Å². The summed E-state index contributed by atoms with van der Waals surface area (Å²) in [5.41, 5.74) is -0.123. The summed E-state index contributed by atoms with van der Waals surface area (Å²) in [5.74, 6) is 0.599. The molecule has 2 aliphatic heterocycles. The Morgan fingerprint density at radius 1 is 1.26 bits per heavy atom. The average molecular weight is 548 g/mol. The topological polar surface area (TPSA) is 109 Å². The Balaban J connectivity index is 1.84. The molecule has 2 aromatic carbocycles. The molecule has 8 nitrogen and oxygen atoms in total. The zero-order valence-corrected chi connectivity index (χ0v) is 22.1. The molecule has 0 aliphatic carbocycles. The minimum atomic E-state index is -4.04. The van der Waals surface area contributed by atoms with Crippen LogP contribution in [0.2, 0.25) is 0 Å². The van der Waals surface area contributed by atoms with E-state index in [1.54, 1.807) is 18.2 Å².